The first-order valence-corrected chi connectivity index (χ1v) is 7.47. The zero-order chi connectivity index (χ0) is 15.4. The van der Waals surface area contributed by atoms with Gasteiger partial charge in [0.2, 0.25) is 5.75 Å². The molecule has 118 valence electrons. The van der Waals surface area contributed by atoms with Crippen molar-refractivity contribution in [1.82, 2.24) is 4.90 Å². The van der Waals surface area contributed by atoms with E-state index in [4.69, 9.17) is 19.9 Å². The Morgan fingerprint density at radius 3 is 2.43 bits per heavy atom. The Bertz CT molecular complexity index is 491. The second-order valence-electron chi connectivity index (χ2n) is 5.29. The number of nitrogens with zero attached hydrogens (tertiary/aromatic N) is 1. The summed E-state index contributed by atoms with van der Waals surface area (Å²) >= 11 is 0. The van der Waals surface area contributed by atoms with Gasteiger partial charge in [0, 0.05) is 18.7 Å². The summed E-state index contributed by atoms with van der Waals surface area (Å²) in [4.78, 5) is 2.41. The molecule has 0 saturated heterocycles. The lowest BCUT2D eigenvalue weighted by atomic mass is 10.0. The molecule has 2 N–H and O–H groups in total. The van der Waals surface area contributed by atoms with Gasteiger partial charge in [-0.1, -0.05) is 13.3 Å². The Morgan fingerprint density at radius 1 is 1.19 bits per heavy atom. The Balaban J connectivity index is 2.47. The average molecular weight is 294 g/mol. The van der Waals surface area contributed by atoms with Gasteiger partial charge in [-0.25, -0.2) is 0 Å². The van der Waals surface area contributed by atoms with Crippen molar-refractivity contribution < 1.29 is 14.2 Å². The van der Waals surface area contributed by atoms with Gasteiger partial charge in [-0.3, -0.25) is 4.90 Å². The largest absolute Gasteiger partial charge is 0.493 e. The van der Waals surface area contributed by atoms with Gasteiger partial charge in [0.15, 0.2) is 11.5 Å². The molecule has 0 saturated carbocycles. The lowest BCUT2D eigenvalue weighted by Gasteiger charge is -2.24. The van der Waals surface area contributed by atoms with Crippen molar-refractivity contribution in [2.24, 2.45) is 5.73 Å². The highest BCUT2D eigenvalue weighted by molar-refractivity contribution is 5.61. The molecular formula is C16H26N2O3. The SMILES string of the molecule is CCCCN1Cc2cc(OC)c(OC)c(OC)c2C1CN. The summed E-state index contributed by atoms with van der Waals surface area (Å²) in [6, 6.07) is 2.23. The normalized spacial score (nSPS) is 17.7. The fourth-order valence-corrected chi connectivity index (χ4v) is 3.10. The monoisotopic (exact) mass is 294 g/mol. The van der Waals surface area contributed by atoms with Crippen LogP contribution in [0.15, 0.2) is 6.07 Å². The van der Waals surface area contributed by atoms with Crippen molar-refractivity contribution in [3.63, 3.8) is 0 Å². The molecule has 0 radical (unpaired) electrons. The first-order valence-electron chi connectivity index (χ1n) is 7.47. The van der Waals surface area contributed by atoms with Crippen LogP contribution in [0.3, 0.4) is 0 Å². The standard InChI is InChI=1S/C16H26N2O3/c1-5-6-7-18-10-11-8-13(19-2)15(20-3)16(21-4)14(11)12(18)9-17/h8,12H,5-7,9-10,17H2,1-4H3. The number of rotatable bonds is 7. The molecule has 1 aliphatic heterocycles. The highest BCUT2D eigenvalue weighted by Gasteiger charge is 2.35. The third-order valence-electron chi connectivity index (χ3n) is 4.12. The van der Waals surface area contributed by atoms with E-state index in [1.54, 1.807) is 21.3 Å². The van der Waals surface area contributed by atoms with Crippen LogP contribution in [-0.2, 0) is 6.54 Å². The lowest BCUT2D eigenvalue weighted by molar-refractivity contribution is 0.213. The summed E-state index contributed by atoms with van der Waals surface area (Å²) < 4.78 is 16.5. The van der Waals surface area contributed by atoms with Crippen LogP contribution in [0.25, 0.3) is 0 Å². The number of hydrogen-bond donors (Lipinski definition) is 1. The number of ether oxygens (including phenoxy) is 3. The maximum Gasteiger partial charge on any atom is 0.203 e. The van der Waals surface area contributed by atoms with Gasteiger partial charge in [0.25, 0.3) is 0 Å². The van der Waals surface area contributed by atoms with Gasteiger partial charge in [0.05, 0.1) is 27.4 Å². The maximum atomic E-state index is 6.03. The van der Waals surface area contributed by atoms with E-state index in [0.29, 0.717) is 18.0 Å². The first-order chi connectivity index (χ1) is 10.2. The third kappa shape index (κ3) is 2.80. The van der Waals surface area contributed by atoms with E-state index in [9.17, 15) is 0 Å². The van der Waals surface area contributed by atoms with Gasteiger partial charge in [0.1, 0.15) is 0 Å². The number of benzene rings is 1. The van der Waals surface area contributed by atoms with Crippen LogP contribution < -0.4 is 19.9 Å². The van der Waals surface area contributed by atoms with E-state index in [0.717, 1.165) is 24.4 Å². The van der Waals surface area contributed by atoms with Crippen LogP contribution in [0.2, 0.25) is 0 Å². The topological polar surface area (TPSA) is 57.0 Å². The molecule has 21 heavy (non-hydrogen) atoms. The molecule has 0 amide bonds. The Hall–Kier alpha value is -1.46. The molecule has 0 aromatic heterocycles. The molecule has 0 fully saturated rings. The molecule has 1 aliphatic rings. The van der Waals surface area contributed by atoms with Crippen LogP contribution in [0, 0.1) is 0 Å². The summed E-state index contributed by atoms with van der Waals surface area (Å²) in [5.41, 5.74) is 8.39. The van der Waals surface area contributed by atoms with E-state index in [2.05, 4.69) is 11.8 Å². The van der Waals surface area contributed by atoms with Gasteiger partial charge in [-0.15, -0.1) is 0 Å². The van der Waals surface area contributed by atoms with E-state index >= 15 is 0 Å². The first kappa shape index (κ1) is 15.9. The third-order valence-corrected chi connectivity index (χ3v) is 4.12. The summed E-state index contributed by atoms with van der Waals surface area (Å²) in [5.74, 6) is 2.11. The minimum Gasteiger partial charge on any atom is -0.493 e. The minimum absolute atomic E-state index is 0.182. The molecule has 5 heteroatoms. The fourth-order valence-electron chi connectivity index (χ4n) is 3.10. The van der Waals surface area contributed by atoms with E-state index in [1.165, 1.54) is 18.4 Å². The van der Waals surface area contributed by atoms with Crippen molar-refractivity contribution in [2.45, 2.75) is 32.4 Å². The van der Waals surface area contributed by atoms with Crippen LogP contribution in [0.1, 0.15) is 36.9 Å². The van der Waals surface area contributed by atoms with Gasteiger partial charge in [-0.2, -0.15) is 0 Å². The summed E-state index contributed by atoms with van der Waals surface area (Å²) in [7, 11) is 4.95. The number of unbranched alkanes of at least 4 members (excludes halogenated alkanes) is 1. The number of hydrogen-bond acceptors (Lipinski definition) is 5. The van der Waals surface area contributed by atoms with Crippen molar-refractivity contribution >= 4 is 0 Å². The second kappa shape index (κ2) is 7.00. The second-order valence-corrected chi connectivity index (χ2v) is 5.29. The minimum atomic E-state index is 0.182. The predicted molar refractivity (Wildman–Crippen MR) is 83.2 cm³/mol. The molecule has 1 unspecified atom stereocenters. The summed E-state index contributed by atoms with van der Waals surface area (Å²) in [5, 5.41) is 0. The van der Waals surface area contributed by atoms with Crippen molar-refractivity contribution in [1.29, 1.82) is 0 Å². The molecular weight excluding hydrogens is 268 g/mol. The Morgan fingerprint density at radius 2 is 1.90 bits per heavy atom. The zero-order valence-electron chi connectivity index (χ0n) is 13.4. The summed E-state index contributed by atoms with van der Waals surface area (Å²) in [6.07, 6.45) is 2.34. The highest BCUT2D eigenvalue weighted by Crippen LogP contribution is 2.49. The van der Waals surface area contributed by atoms with E-state index in [-0.39, 0.29) is 6.04 Å². The molecule has 0 bridgehead atoms. The Kier molecular flexibility index (Phi) is 5.31. The van der Waals surface area contributed by atoms with E-state index < -0.39 is 0 Å². The van der Waals surface area contributed by atoms with E-state index in [1.807, 2.05) is 6.07 Å². The van der Waals surface area contributed by atoms with Gasteiger partial charge >= 0.3 is 0 Å². The summed E-state index contributed by atoms with van der Waals surface area (Å²) in [6.45, 7) is 4.70. The van der Waals surface area contributed by atoms with Crippen LogP contribution >= 0.6 is 0 Å². The molecule has 0 spiro atoms. The fraction of sp³-hybridized carbons (Fsp3) is 0.625. The average Bonchev–Trinajstić information content (AvgIpc) is 2.87. The lowest BCUT2D eigenvalue weighted by Crippen LogP contribution is -2.29. The van der Waals surface area contributed by atoms with Gasteiger partial charge in [-0.05, 0) is 24.6 Å². The molecule has 0 aliphatic carbocycles. The number of fused-ring (bicyclic) bond motifs is 1. The maximum absolute atomic E-state index is 6.03. The van der Waals surface area contributed by atoms with Crippen molar-refractivity contribution in [2.75, 3.05) is 34.4 Å². The quantitative estimate of drug-likeness (QED) is 0.836. The van der Waals surface area contributed by atoms with Crippen LogP contribution in [0.5, 0.6) is 17.2 Å². The Labute approximate surface area is 127 Å². The predicted octanol–water partition coefficient (Wildman–Crippen LogP) is 2.33. The van der Waals surface area contributed by atoms with Crippen molar-refractivity contribution in [3.05, 3.63) is 17.2 Å². The zero-order valence-corrected chi connectivity index (χ0v) is 13.4. The highest BCUT2D eigenvalue weighted by atomic mass is 16.5. The van der Waals surface area contributed by atoms with Crippen molar-refractivity contribution in [3.8, 4) is 17.2 Å². The van der Waals surface area contributed by atoms with Gasteiger partial charge < -0.3 is 19.9 Å². The van der Waals surface area contributed by atoms with Crippen LogP contribution in [-0.4, -0.2) is 39.3 Å². The molecule has 1 heterocycles. The molecule has 1 aromatic carbocycles. The molecule has 2 rings (SSSR count). The molecule has 1 atom stereocenters. The molecule has 5 nitrogen and oxygen atoms in total. The smallest absolute Gasteiger partial charge is 0.203 e. The number of nitrogens with two attached hydrogens (primary N) is 1. The molecule has 1 aromatic rings. The van der Waals surface area contributed by atoms with Crippen LogP contribution in [0.4, 0.5) is 0 Å². The number of methoxy groups -OCH3 is 3.